The fraction of sp³-hybridized carbons (Fsp3) is 0.519. The number of amides is 2. The van der Waals surface area contributed by atoms with Gasteiger partial charge in [0.25, 0.3) is 5.91 Å². The second-order valence-corrected chi connectivity index (χ2v) is 9.82. The zero-order valence-electron chi connectivity index (χ0n) is 21.0. The van der Waals surface area contributed by atoms with Crippen LogP contribution in [0.4, 0.5) is 4.39 Å². The number of aliphatic hydroxyl groups is 1. The van der Waals surface area contributed by atoms with Crippen molar-refractivity contribution in [3.63, 3.8) is 0 Å². The summed E-state index contributed by atoms with van der Waals surface area (Å²) in [5.74, 6) is -0.677. The van der Waals surface area contributed by atoms with Gasteiger partial charge in [0.2, 0.25) is 11.8 Å². The highest BCUT2D eigenvalue weighted by molar-refractivity contribution is 5.98. The van der Waals surface area contributed by atoms with E-state index in [0.717, 1.165) is 0 Å². The van der Waals surface area contributed by atoms with Crippen molar-refractivity contribution in [2.45, 2.75) is 38.8 Å². The molecule has 0 spiro atoms. The van der Waals surface area contributed by atoms with Crippen LogP contribution in [0.15, 0.2) is 36.5 Å². The highest BCUT2D eigenvalue weighted by atomic mass is 19.1. The molecule has 0 unspecified atom stereocenters. The van der Waals surface area contributed by atoms with Gasteiger partial charge in [0.15, 0.2) is 0 Å². The lowest BCUT2D eigenvalue weighted by Gasteiger charge is -2.38. The summed E-state index contributed by atoms with van der Waals surface area (Å²) in [6, 6.07) is 7.31. The average Bonchev–Trinajstić information content (AvgIpc) is 2.90. The third kappa shape index (κ3) is 5.68. The maximum Gasteiger partial charge on any atom is 0.259 e. The van der Waals surface area contributed by atoms with Gasteiger partial charge < -0.3 is 24.4 Å². The molecule has 3 heterocycles. The van der Waals surface area contributed by atoms with Crippen molar-refractivity contribution in [2.75, 3.05) is 40.0 Å². The molecule has 1 saturated heterocycles. The molecule has 2 aliphatic heterocycles. The van der Waals surface area contributed by atoms with Crippen LogP contribution in [0.3, 0.4) is 0 Å². The smallest absolute Gasteiger partial charge is 0.259 e. The largest absolute Gasteiger partial charge is 0.472 e. The molecule has 1 aromatic carbocycles. The molecule has 2 aliphatic rings. The summed E-state index contributed by atoms with van der Waals surface area (Å²) in [5.41, 5.74) is 1.42. The van der Waals surface area contributed by atoms with Gasteiger partial charge in [0, 0.05) is 50.4 Å². The first-order chi connectivity index (χ1) is 17.3. The van der Waals surface area contributed by atoms with Crippen LogP contribution in [0.1, 0.15) is 37.0 Å². The monoisotopic (exact) mass is 499 g/mol. The molecule has 36 heavy (non-hydrogen) atoms. The van der Waals surface area contributed by atoms with Crippen LogP contribution in [0.25, 0.3) is 11.1 Å². The Morgan fingerprint density at radius 3 is 2.72 bits per heavy atom. The number of hydrogen-bond acceptors (Lipinski definition) is 6. The van der Waals surface area contributed by atoms with Gasteiger partial charge in [0.1, 0.15) is 17.5 Å². The molecule has 1 aromatic heterocycles. The van der Waals surface area contributed by atoms with Crippen LogP contribution < -0.4 is 4.74 Å². The Morgan fingerprint density at radius 2 is 2.03 bits per heavy atom. The van der Waals surface area contributed by atoms with Gasteiger partial charge in [-0.05, 0) is 43.5 Å². The number of hydrogen-bond donors (Lipinski definition) is 1. The van der Waals surface area contributed by atoms with Gasteiger partial charge in [0.05, 0.1) is 19.2 Å². The maximum atomic E-state index is 13.8. The van der Waals surface area contributed by atoms with E-state index in [0.29, 0.717) is 50.3 Å². The first kappa shape index (κ1) is 26.0. The predicted octanol–water partition coefficient (Wildman–Crippen LogP) is 2.99. The molecule has 0 saturated carbocycles. The topological polar surface area (TPSA) is 92.2 Å². The van der Waals surface area contributed by atoms with Crippen molar-refractivity contribution < 1.29 is 28.6 Å². The molecule has 2 amide bonds. The number of ether oxygens (including phenoxy) is 2. The summed E-state index contributed by atoms with van der Waals surface area (Å²) < 4.78 is 25.5. The van der Waals surface area contributed by atoms with E-state index in [9.17, 15) is 19.1 Å². The van der Waals surface area contributed by atoms with Crippen LogP contribution in [0.2, 0.25) is 0 Å². The number of likely N-dealkylation sites (N-methyl/N-ethyl adjacent to an activating group) is 1. The molecule has 0 bridgehead atoms. The molecule has 1 N–H and O–H groups in total. The van der Waals surface area contributed by atoms with E-state index in [1.807, 2.05) is 6.92 Å². The summed E-state index contributed by atoms with van der Waals surface area (Å²) in [6.07, 6.45) is 2.54. The van der Waals surface area contributed by atoms with E-state index in [4.69, 9.17) is 9.47 Å². The zero-order valence-corrected chi connectivity index (χ0v) is 21.0. The Labute approximate surface area is 211 Å². The van der Waals surface area contributed by atoms with Crippen LogP contribution in [-0.4, -0.2) is 83.8 Å². The van der Waals surface area contributed by atoms with Crippen molar-refractivity contribution in [2.24, 2.45) is 11.8 Å². The molecule has 194 valence electrons. The Morgan fingerprint density at radius 1 is 1.28 bits per heavy atom. The molecule has 0 aliphatic carbocycles. The molecule has 0 radical (unpaired) electrons. The number of rotatable bonds is 6. The second-order valence-electron chi connectivity index (χ2n) is 9.82. The minimum atomic E-state index is -0.425. The third-order valence-corrected chi connectivity index (χ3v) is 7.08. The van der Waals surface area contributed by atoms with Crippen molar-refractivity contribution in [1.29, 1.82) is 0 Å². The maximum absolute atomic E-state index is 13.8. The highest BCUT2D eigenvalue weighted by Gasteiger charge is 2.35. The summed E-state index contributed by atoms with van der Waals surface area (Å²) in [6.45, 7) is 5.40. The summed E-state index contributed by atoms with van der Waals surface area (Å²) in [5, 5.41) is 9.85. The zero-order chi connectivity index (χ0) is 25.8. The average molecular weight is 500 g/mol. The van der Waals surface area contributed by atoms with E-state index in [-0.39, 0.29) is 47.5 Å². The lowest BCUT2D eigenvalue weighted by Crippen LogP contribution is -2.51. The lowest BCUT2D eigenvalue weighted by atomic mass is 9.97. The normalized spacial score (nSPS) is 21.7. The molecule has 9 heteroatoms. The SMILES string of the molecule is C[C@H]1CN([C@@H](C)CO)C(=O)c2cc(-c3cccc(F)c3)cnc2O[C@@H]1CN(C)C(=O)C1CCOCC1. The standard InChI is InChI=1S/C27H34FN3O5/c1-17-14-31(18(2)16-32)27(34)23-12-21(20-5-4-6-22(28)11-20)13-29-25(23)36-24(17)15-30(3)26(33)19-7-9-35-10-8-19/h4-6,11-13,17-19,24,32H,7-10,14-16H2,1-3H3/t17-,18-,24+/m0/s1. The quantitative estimate of drug-likeness (QED) is 0.657. The van der Waals surface area contributed by atoms with Gasteiger partial charge >= 0.3 is 0 Å². The Bertz CT molecular complexity index is 1090. The molecular weight excluding hydrogens is 465 g/mol. The molecule has 2 aromatic rings. The number of carbonyl (C=O) groups excluding carboxylic acids is 2. The fourth-order valence-corrected chi connectivity index (χ4v) is 4.76. The van der Waals surface area contributed by atoms with Gasteiger partial charge in [-0.1, -0.05) is 19.1 Å². The number of pyridine rings is 1. The number of halogens is 1. The number of aliphatic hydroxyl groups excluding tert-OH is 1. The number of aromatic nitrogens is 1. The first-order valence-electron chi connectivity index (χ1n) is 12.5. The van der Waals surface area contributed by atoms with Crippen LogP contribution in [0, 0.1) is 17.7 Å². The molecular formula is C27H34FN3O5. The van der Waals surface area contributed by atoms with Crippen molar-refractivity contribution in [1.82, 2.24) is 14.8 Å². The first-order valence-corrected chi connectivity index (χ1v) is 12.5. The van der Waals surface area contributed by atoms with E-state index < -0.39 is 12.1 Å². The number of nitrogens with zero attached hydrogens (tertiary/aromatic N) is 3. The predicted molar refractivity (Wildman–Crippen MR) is 132 cm³/mol. The summed E-state index contributed by atoms with van der Waals surface area (Å²) in [7, 11) is 1.77. The minimum Gasteiger partial charge on any atom is -0.472 e. The molecule has 8 nitrogen and oxygen atoms in total. The van der Waals surface area contributed by atoms with Crippen LogP contribution >= 0.6 is 0 Å². The van der Waals surface area contributed by atoms with Crippen LogP contribution in [-0.2, 0) is 9.53 Å². The van der Waals surface area contributed by atoms with Crippen molar-refractivity contribution >= 4 is 11.8 Å². The van der Waals surface area contributed by atoms with E-state index in [1.54, 1.807) is 48.2 Å². The number of carbonyl (C=O) groups is 2. The fourth-order valence-electron chi connectivity index (χ4n) is 4.76. The van der Waals surface area contributed by atoms with Gasteiger partial charge in [-0.2, -0.15) is 0 Å². The van der Waals surface area contributed by atoms with E-state index in [2.05, 4.69) is 4.98 Å². The Kier molecular flexibility index (Phi) is 8.21. The molecule has 4 rings (SSSR count). The van der Waals surface area contributed by atoms with E-state index >= 15 is 0 Å². The summed E-state index contributed by atoms with van der Waals surface area (Å²) >= 11 is 0. The number of benzene rings is 1. The lowest BCUT2D eigenvalue weighted by molar-refractivity contribution is -0.138. The van der Waals surface area contributed by atoms with E-state index in [1.165, 1.54) is 12.1 Å². The number of fused-ring (bicyclic) bond motifs is 1. The molecule has 1 fully saturated rings. The van der Waals surface area contributed by atoms with Crippen molar-refractivity contribution in [3.05, 3.63) is 47.9 Å². The Hall–Kier alpha value is -3.04. The minimum absolute atomic E-state index is 0.0578. The third-order valence-electron chi connectivity index (χ3n) is 7.08. The molecule has 3 atom stereocenters. The van der Waals surface area contributed by atoms with Crippen molar-refractivity contribution in [3.8, 4) is 17.0 Å². The van der Waals surface area contributed by atoms with Gasteiger partial charge in [-0.15, -0.1) is 0 Å². The highest BCUT2D eigenvalue weighted by Crippen LogP contribution is 2.31. The second kappa shape index (κ2) is 11.3. The summed E-state index contributed by atoms with van der Waals surface area (Å²) in [4.78, 5) is 34.4. The van der Waals surface area contributed by atoms with Gasteiger partial charge in [-0.3, -0.25) is 9.59 Å². The Balaban J connectivity index is 1.65. The van der Waals surface area contributed by atoms with Gasteiger partial charge in [-0.25, -0.2) is 9.37 Å². The van der Waals surface area contributed by atoms with Crippen LogP contribution in [0.5, 0.6) is 5.88 Å².